The predicted molar refractivity (Wildman–Crippen MR) is 54.4 cm³/mol. The molecule has 0 spiro atoms. The van der Waals surface area contributed by atoms with Crippen LogP contribution >= 0.6 is 0 Å². The summed E-state index contributed by atoms with van der Waals surface area (Å²) in [5.41, 5.74) is 0. The summed E-state index contributed by atoms with van der Waals surface area (Å²) in [5.74, 6) is 1.71. The predicted octanol–water partition coefficient (Wildman–Crippen LogP) is 2.34. The van der Waals surface area contributed by atoms with Gasteiger partial charge in [-0.3, -0.25) is 4.79 Å². The van der Waals surface area contributed by atoms with E-state index in [1.807, 2.05) is 13.8 Å². The third-order valence-electron chi connectivity index (χ3n) is 2.73. The highest BCUT2D eigenvalue weighted by Crippen LogP contribution is 2.32. The van der Waals surface area contributed by atoms with E-state index in [0.29, 0.717) is 5.92 Å². The Morgan fingerprint density at radius 3 is 2.62 bits per heavy atom. The minimum absolute atomic E-state index is 0.231. The Labute approximate surface area is 81.1 Å². The second kappa shape index (κ2) is 4.64. The maximum Gasteiger partial charge on any atom is 0.220 e. The fourth-order valence-electron chi connectivity index (χ4n) is 2.15. The van der Waals surface area contributed by atoms with Gasteiger partial charge in [0, 0.05) is 12.5 Å². The lowest BCUT2D eigenvalue weighted by Gasteiger charge is -2.11. The molecule has 1 aliphatic carbocycles. The zero-order valence-corrected chi connectivity index (χ0v) is 8.97. The second-order valence-electron chi connectivity index (χ2n) is 4.71. The first-order valence-electron chi connectivity index (χ1n) is 5.37. The molecular weight excluding hydrogens is 162 g/mol. The summed E-state index contributed by atoms with van der Waals surface area (Å²) in [4.78, 5) is 11.4. The molecule has 1 fully saturated rings. The number of carbonyl (C=O) groups excluding carboxylic acids is 1. The third-order valence-corrected chi connectivity index (χ3v) is 2.73. The van der Waals surface area contributed by atoms with Gasteiger partial charge in [0.05, 0.1) is 0 Å². The topological polar surface area (TPSA) is 29.1 Å². The van der Waals surface area contributed by atoms with Crippen LogP contribution < -0.4 is 5.32 Å². The van der Waals surface area contributed by atoms with E-state index in [9.17, 15) is 4.79 Å². The Hall–Kier alpha value is -0.530. The van der Waals surface area contributed by atoms with Crippen LogP contribution in [0.25, 0.3) is 0 Å². The van der Waals surface area contributed by atoms with E-state index in [0.717, 1.165) is 12.3 Å². The van der Waals surface area contributed by atoms with E-state index in [-0.39, 0.29) is 11.9 Å². The molecule has 0 aromatic carbocycles. The van der Waals surface area contributed by atoms with Gasteiger partial charge in [0.2, 0.25) is 5.91 Å². The molecule has 0 bridgehead atoms. The van der Waals surface area contributed by atoms with E-state index < -0.39 is 0 Å². The number of carbonyl (C=O) groups is 1. The molecule has 0 heterocycles. The molecule has 13 heavy (non-hydrogen) atoms. The molecule has 2 heteroatoms. The van der Waals surface area contributed by atoms with E-state index in [1.54, 1.807) is 0 Å². The van der Waals surface area contributed by atoms with Crippen molar-refractivity contribution in [1.82, 2.24) is 5.32 Å². The van der Waals surface area contributed by atoms with E-state index >= 15 is 0 Å². The Kier molecular flexibility index (Phi) is 3.76. The smallest absolute Gasteiger partial charge is 0.220 e. The monoisotopic (exact) mass is 183 g/mol. The summed E-state index contributed by atoms with van der Waals surface area (Å²) < 4.78 is 0. The molecule has 0 aromatic rings. The molecule has 1 saturated carbocycles. The van der Waals surface area contributed by atoms with Gasteiger partial charge in [0.1, 0.15) is 0 Å². The molecule has 2 atom stereocenters. The fourth-order valence-corrected chi connectivity index (χ4v) is 2.15. The van der Waals surface area contributed by atoms with Crippen molar-refractivity contribution in [3.05, 3.63) is 0 Å². The quantitative estimate of drug-likeness (QED) is 0.715. The summed E-state index contributed by atoms with van der Waals surface area (Å²) >= 11 is 0. The van der Waals surface area contributed by atoms with Crippen molar-refractivity contribution >= 4 is 5.91 Å². The average molecular weight is 183 g/mol. The molecule has 0 aliphatic heterocycles. The lowest BCUT2D eigenvalue weighted by molar-refractivity contribution is -0.122. The lowest BCUT2D eigenvalue weighted by atomic mass is 10.0. The number of hydrogen-bond donors (Lipinski definition) is 1. The summed E-state index contributed by atoms with van der Waals surface area (Å²) in [5, 5.41) is 2.95. The minimum Gasteiger partial charge on any atom is -0.354 e. The standard InChI is InChI=1S/C11H21NO/c1-8(2)12-11(13)7-10-5-4-9(3)6-10/h8-10H,4-7H2,1-3H3,(H,12,13). The van der Waals surface area contributed by atoms with Crippen molar-refractivity contribution in [3.63, 3.8) is 0 Å². The first-order valence-corrected chi connectivity index (χ1v) is 5.37. The van der Waals surface area contributed by atoms with Crippen LogP contribution in [0, 0.1) is 11.8 Å². The van der Waals surface area contributed by atoms with Gasteiger partial charge in [0.25, 0.3) is 0 Å². The van der Waals surface area contributed by atoms with Crippen LogP contribution in [0.1, 0.15) is 46.5 Å². The van der Waals surface area contributed by atoms with Gasteiger partial charge in [-0.25, -0.2) is 0 Å². The van der Waals surface area contributed by atoms with Crippen LogP contribution in [0.4, 0.5) is 0 Å². The molecule has 1 amide bonds. The highest BCUT2D eigenvalue weighted by molar-refractivity contribution is 5.76. The third kappa shape index (κ3) is 3.79. The van der Waals surface area contributed by atoms with Gasteiger partial charge in [-0.1, -0.05) is 13.3 Å². The zero-order valence-electron chi connectivity index (χ0n) is 8.97. The Morgan fingerprint density at radius 2 is 2.15 bits per heavy atom. The molecule has 76 valence electrons. The molecule has 0 radical (unpaired) electrons. The molecular formula is C11H21NO. The first-order chi connectivity index (χ1) is 6.08. The summed E-state index contributed by atoms with van der Waals surface area (Å²) in [6.07, 6.45) is 4.53. The summed E-state index contributed by atoms with van der Waals surface area (Å²) in [7, 11) is 0. The molecule has 1 aliphatic rings. The second-order valence-corrected chi connectivity index (χ2v) is 4.71. The van der Waals surface area contributed by atoms with Crippen molar-refractivity contribution in [1.29, 1.82) is 0 Å². The number of amides is 1. The van der Waals surface area contributed by atoms with Crippen molar-refractivity contribution in [2.24, 2.45) is 11.8 Å². The van der Waals surface area contributed by atoms with Crippen molar-refractivity contribution in [3.8, 4) is 0 Å². The van der Waals surface area contributed by atoms with E-state index in [2.05, 4.69) is 12.2 Å². The lowest BCUT2D eigenvalue weighted by Crippen LogP contribution is -2.31. The normalized spacial score (nSPS) is 28.0. The number of hydrogen-bond acceptors (Lipinski definition) is 1. The molecule has 2 nitrogen and oxygen atoms in total. The molecule has 0 saturated heterocycles. The number of nitrogens with one attached hydrogen (secondary N) is 1. The van der Waals surface area contributed by atoms with Crippen LogP contribution in [-0.4, -0.2) is 11.9 Å². The molecule has 1 rings (SSSR count). The van der Waals surface area contributed by atoms with Crippen molar-refractivity contribution in [2.75, 3.05) is 0 Å². The van der Waals surface area contributed by atoms with E-state index in [1.165, 1.54) is 19.3 Å². The minimum atomic E-state index is 0.231. The van der Waals surface area contributed by atoms with Gasteiger partial charge < -0.3 is 5.32 Å². The zero-order chi connectivity index (χ0) is 9.84. The van der Waals surface area contributed by atoms with Crippen molar-refractivity contribution < 1.29 is 4.79 Å². The molecule has 2 unspecified atom stereocenters. The number of rotatable bonds is 3. The Bertz CT molecular complexity index is 177. The van der Waals surface area contributed by atoms with Crippen LogP contribution in [0.15, 0.2) is 0 Å². The molecule has 0 aromatic heterocycles. The van der Waals surface area contributed by atoms with E-state index in [4.69, 9.17) is 0 Å². The summed E-state index contributed by atoms with van der Waals surface area (Å²) in [6.45, 7) is 6.30. The van der Waals surface area contributed by atoms with Crippen molar-refractivity contribution in [2.45, 2.75) is 52.5 Å². The van der Waals surface area contributed by atoms with Gasteiger partial charge in [-0.2, -0.15) is 0 Å². The average Bonchev–Trinajstić information content (AvgIpc) is 2.33. The maximum atomic E-state index is 11.4. The fraction of sp³-hybridized carbons (Fsp3) is 0.909. The van der Waals surface area contributed by atoms with Crippen LogP contribution in [0.3, 0.4) is 0 Å². The largest absolute Gasteiger partial charge is 0.354 e. The van der Waals surface area contributed by atoms with Gasteiger partial charge in [-0.15, -0.1) is 0 Å². The Morgan fingerprint density at radius 1 is 1.46 bits per heavy atom. The summed E-state index contributed by atoms with van der Waals surface area (Å²) in [6, 6.07) is 0.284. The van der Waals surface area contributed by atoms with Crippen LogP contribution in [-0.2, 0) is 4.79 Å². The first kappa shape index (κ1) is 10.6. The maximum absolute atomic E-state index is 11.4. The SMILES string of the molecule is CC1CCC(CC(=O)NC(C)C)C1. The molecule has 1 N–H and O–H groups in total. The highest BCUT2D eigenvalue weighted by Gasteiger charge is 2.23. The highest BCUT2D eigenvalue weighted by atomic mass is 16.1. The van der Waals surface area contributed by atoms with Crippen LogP contribution in [0.2, 0.25) is 0 Å². The van der Waals surface area contributed by atoms with Gasteiger partial charge in [-0.05, 0) is 38.5 Å². The van der Waals surface area contributed by atoms with Gasteiger partial charge in [0.15, 0.2) is 0 Å². The Balaban J connectivity index is 2.21. The van der Waals surface area contributed by atoms with Gasteiger partial charge >= 0.3 is 0 Å². The van der Waals surface area contributed by atoms with Crippen LogP contribution in [0.5, 0.6) is 0 Å².